The van der Waals surface area contributed by atoms with Crippen molar-refractivity contribution in [3.63, 3.8) is 0 Å². The molecule has 0 unspecified atom stereocenters. The van der Waals surface area contributed by atoms with Crippen molar-refractivity contribution in [3.05, 3.63) is 101 Å². The van der Waals surface area contributed by atoms with Crippen LogP contribution < -0.4 is 10.1 Å². The van der Waals surface area contributed by atoms with Gasteiger partial charge in [-0.15, -0.1) is 0 Å². The fourth-order valence-electron chi connectivity index (χ4n) is 4.05. The predicted octanol–water partition coefficient (Wildman–Crippen LogP) is 6.05. The third kappa shape index (κ3) is 10.5. The molecule has 0 spiro atoms. The molecule has 0 radical (unpaired) electrons. The average molecular weight is 741 g/mol. The van der Waals surface area contributed by atoms with Crippen LogP contribution in [0.4, 0.5) is 20.7 Å². The third-order valence-electron chi connectivity index (χ3n) is 6.15. The molecule has 3 N–H and O–H groups in total. The smallest absolute Gasteiger partial charge is 0.472 e. The summed E-state index contributed by atoms with van der Waals surface area (Å²) in [5.41, 5.74) is -2.14. The number of rotatable bonds is 14. The normalized spacial score (nSPS) is 14.5. The Labute approximate surface area is 293 Å². The van der Waals surface area contributed by atoms with E-state index in [9.17, 15) is 22.2 Å². The SMILES string of the molecule is [2H]C([2H])(c1ccc(-c2ccc3ncnc(Nc4ccc(OCc5cccc(F)c5)c(Cl)c4)c3c2)o1)N(C(=O)OCOP(=O)(O)O)C([2H])([2H])C([2H])([2H])S(C)(=O)=O. The van der Waals surface area contributed by atoms with Crippen LogP contribution in [0.25, 0.3) is 22.2 Å². The van der Waals surface area contributed by atoms with E-state index in [1.54, 1.807) is 42.5 Å². The van der Waals surface area contributed by atoms with Gasteiger partial charge in [-0.05, 0) is 66.2 Å². The van der Waals surface area contributed by atoms with Gasteiger partial charge in [-0.2, -0.15) is 0 Å². The number of nitrogens with zero attached hydrogens (tertiary/aromatic N) is 3. The van der Waals surface area contributed by atoms with Crippen molar-refractivity contribution in [1.82, 2.24) is 14.9 Å². The summed E-state index contributed by atoms with van der Waals surface area (Å²) >= 11 is 6.46. The number of aromatic nitrogens is 2. The highest BCUT2D eigenvalue weighted by atomic mass is 35.5. The molecule has 0 aliphatic carbocycles. The largest absolute Gasteiger partial charge is 0.487 e. The molecule has 0 saturated carbocycles. The van der Waals surface area contributed by atoms with Crippen LogP contribution in [0.1, 0.15) is 19.5 Å². The van der Waals surface area contributed by atoms with E-state index in [2.05, 4.69) is 24.5 Å². The number of halogens is 2. The molecule has 49 heavy (non-hydrogen) atoms. The Bertz CT molecular complexity index is 2410. The number of sulfone groups is 1. The highest BCUT2D eigenvalue weighted by molar-refractivity contribution is 7.90. The van der Waals surface area contributed by atoms with Gasteiger partial charge in [-0.3, -0.25) is 4.90 Å². The molecule has 5 aromatic rings. The Hall–Kier alpha value is -4.57. The molecule has 1 amide bonds. The van der Waals surface area contributed by atoms with Crippen LogP contribution in [0, 0.1) is 5.82 Å². The second kappa shape index (κ2) is 15.3. The zero-order chi connectivity index (χ0) is 40.6. The van der Waals surface area contributed by atoms with Gasteiger partial charge >= 0.3 is 13.9 Å². The van der Waals surface area contributed by atoms with Crippen molar-refractivity contribution in [2.45, 2.75) is 13.1 Å². The minimum Gasteiger partial charge on any atom is -0.487 e. The number of hydrogen-bond acceptors (Lipinski definition) is 11. The van der Waals surface area contributed by atoms with Gasteiger partial charge in [0.1, 0.15) is 51.7 Å². The number of benzene rings is 3. The summed E-state index contributed by atoms with van der Waals surface area (Å²) in [6.45, 7) is -9.03. The summed E-state index contributed by atoms with van der Waals surface area (Å²) in [7, 11) is -10.3. The summed E-state index contributed by atoms with van der Waals surface area (Å²) in [5.74, 6) is -0.677. The zero-order valence-electron chi connectivity index (χ0n) is 31.0. The van der Waals surface area contributed by atoms with Crippen LogP contribution in [-0.2, 0) is 36.8 Å². The van der Waals surface area contributed by atoms with E-state index in [0.29, 0.717) is 40.0 Å². The number of furan rings is 1. The Balaban J connectivity index is 1.44. The van der Waals surface area contributed by atoms with E-state index in [1.807, 2.05) is 0 Å². The molecular weight excluding hydrogens is 706 g/mol. The molecule has 0 saturated heterocycles. The number of hydrogen-bond donors (Lipinski definition) is 3. The summed E-state index contributed by atoms with van der Waals surface area (Å²) in [6.07, 6.45) is -0.490. The Morgan fingerprint density at radius 3 is 2.67 bits per heavy atom. The molecule has 14 nitrogen and oxygen atoms in total. The van der Waals surface area contributed by atoms with Crippen LogP contribution in [0.3, 0.4) is 0 Å². The standard InChI is InChI=1S/C31H29ClFN4O10PS/c1-49(42,43)12-11-37(31(38)45-19-46-48(39,40)41)16-24-7-10-28(47-24)21-5-8-27-25(14-21)30(35-18-34-27)36-23-6-9-29(26(32)15-23)44-17-20-3-2-4-22(33)13-20/h2-10,13-15,18H,11-12,16-17,19H2,1H3,(H,34,35,36)(H2,39,40,41)/i11D2,12D2,16D2. The van der Waals surface area contributed by atoms with Crippen molar-refractivity contribution in [3.8, 4) is 17.1 Å². The highest BCUT2D eigenvalue weighted by Gasteiger charge is 2.22. The van der Waals surface area contributed by atoms with Gasteiger partial charge in [0, 0.05) is 32.1 Å². The number of amides is 1. The number of carbonyl (C=O) groups excluding carboxylic acids is 1. The second-order valence-corrected chi connectivity index (χ2v) is 13.3. The molecule has 0 bridgehead atoms. The Morgan fingerprint density at radius 1 is 1.12 bits per heavy atom. The molecule has 0 fully saturated rings. The molecule has 5 rings (SSSR count). The Kier molecular flexibility index (Phi) is 8.85. The first-order valence-corrected chi connectivity index (χ1v) is 17.5. The number of fused-ring (bicyclic) bond motifs is 1. The van der Waals surface area contributed by atoms with Gasteiger partial charge in [-0.1, -0.05) is 23.7 Å². The lowest BCUT2D eigenvalue weighted by Crippen LogP contribution is -2.35. The lowest BCUT2D eigenvalue weighted by atomic mass is 10.1. The van der Waals surface area contributed by atoms with Crippen LogP contribution in [0.2, 0.25) is 5.02 Å². The number of anilines is 2. The number of phosphoric acid groups is 1. The predicted molar refractivity (Wildman–Crippen MR) is 177 cm³/mol. The van der Waals surface area contributed by atoms with E-state index in [0.717, 1.165) is 6.07 Å². The molecule has 18 heteroatoms. The summed E-state index contributed by atoms with van der Waals surface area (Å²) in [4.78, 5) is 38.9. The molecule has 0 aliphatic heterocycles. The monoisotopic (exact) mass is 740 g/mol. The summed E-state index contributed by atoms with van der Waals surface area (Å²) in [5, 5.41) is 3.79. The van der Waals surface area contributed by atoms with Crippen molar-refractivity contribution >= 4 is 57.8 Å². The van der Waals surface area contributed by atoms with Crippen molar-refractivity contribution < 1.29 is 58.6 Å². The van der Waals surface area contributed by atoms with E-state index < -0.39 is 65.7 Å². The Morgan fingerprint density at radius 2 is 1.94 bits per heavy atom. The van der Waals surface area contributed by atoms with Crippen LogP contribution in [0.5, 0.6) is 5.75 Å². The summed E-state index contributed by atoms with van der Waals surface area (Å²) < 4.78 is 119. The van der Waals surface area contributed by atoms with Gasteiger partial charge in [-0.25, -0.2) is 36.7 Å². The van der Waals surface area contributed by atoms with Gasteiger partial charge in [0.2, 0.25) is 6.79 Å². The first kappa shape index (κ1) is 28.3. The maximum atomic E-state index is 13.5. The number of carbonyl (C=O) groups is 1. The van der Waals surface area contributed by atoms with Crippen molar-refractivity contribution in [1.29, 1.82) is 0 Å². The lowest BCUT2D eigenvalue weighted by molar-refractivity contribution is 0.0191. The molecule has 258 valence electrons. The molecule has 2 heterocycles. The fourth-order valence-corrected chi connectivity index (χ4v) is 4.73. The van der Waals surface area contributed by atoms with Gasteiger partial charge in [0.05, 0.1) is 28.2 Å². The van der Waals surface area contributed by atoms with Crippen molar-refractivity contribution in [2.75, 3.05) is 30.6 Å². The quantitative estimate of drug-likeness (QED) is 0.0881. The van der Waals surface area contributed by atoms with Crippen LogP contribution in [0.15, 0.2) is 83.5 Å². The van der Waals surface area contributed by atoms with E-state index in [-0.39, 0.29) is 23.0 Å². The van der Waals surface area contributed by atoms with Gasteiger partial charge in [0.25, 0.3) is 0 Å². The highest BCUT2D eigenvalue weighted by Crippen LogP contribution is 2.36. The van der Waals surface area contributed by atoms with E-state index >= 15 is 0 Å². The zero-order valence-corrected chi connectivity index (χ0v) is 27.5. The van der Waals surface area contributed by atoms with Gasteiger partial charge < -0.3 is 29.0 Å². The summed E-state index contributed by atoms with van der Waals surface area (Å²) in [6, 6.07) is 17.6. The maximum Gasteiger partial charge on any atom is 0.472 e. The first-order valence-electron chi connectivity index (χ1n) is 16.7. The fraction of sp³-hybridized carbons (Fsp3) is 0.194. The molecule has 2 aromatic heterocycles. The van der Waals surface area contributed by atoms with Crippen molar-refractivity contribution in [2.24, 2.45) is 0 Å². The number of phosphoric ester groups is 1. The topological polar surface area (TPSA) is 191 Å². The van der Waals surface area contributed by atoms with Gasteiger partial charge in [0.15, 0.2) is 0 Å². The molecular formula is C31H29ClFN4O10PS. The number of ether oxygens (including phenoxy) is 2. The van der Waals surface area contributed by atoms with Crippen LogP contribution in [-0.4, -0.2) is 64.4 Å². The third-order valence-corrected chi connectivity index (χ3v) is 7.35. The minimum absolute atomic E-state index is 0.0664. The average Bonchev–Trinajstić information content (AvgIpc) is 3.58. The molecule has 0 atom stereocenters. The minimum atomic E-state index is -5.25. The second-order valence-electron chi connectivity index (χ2n) is 9.89. The number of nitrogens with one attached hydrogen (secondary N) is 1. The van der Waals surface area contributed by atoms with E-state index in [4.69, 9.17) is 38.8 Å². The van der Waals surface area contributed by atoms with E-state index in [1.165, 1.54) is 30.6 Å². The molecule has 3 aromatic carbocycles. The first-order chi connectivity index (χ1) is 25.5. The lowest BCUT2D eigenvalue weighted by Gasteiger charge is -2.20. The maximum absolute atomic E-state index is 13.5. The van der Waals surface area contributed by atoms with Crippen LogP contribution >= 0.6 is 19.4 Å². The molecule has 0 aliphatic rings.